The zero-order valence-corrected chi connectivity index (χ0v) is 28.6. The summed E-state index contributed by atoms with van der Waals surface area (Å²) in [6, 6.07) is 32.6. The van der Waals surface area contributed by atoms with Crippen LogP contribution in [-0.2, 0) is 35.1 Å². The second-order valence-corrected chi connectivity index (χ2v) is 16.9. The number of benzene rings is 4. The van der Waals surface area contributed by atoms with Gasteiger partial charge in [-0.15, -0.1) is 23.3 Å². The van der Waals surface area contributed by atoms with Crippen LogP contribution in [0.5, 0.6) is 0 Å². The van der Waals surface area contributed by atoms with E-state index in [1.807, 2.05) is 78.9 Å². The molecule has 0 spiro atoms. The SMILES string of the molecule is [CH2-]c1c(CN(C)c2ccccc2P(=O)(c2ccccc2)c2ccccc2)cc(C(C)(C)C)cc1C(C)(C)C.[Cl][Fe][Cl]. The van der Waals surface area contributed by atoms with Crippen molar-refractivity contribution < 1.29 is 17.7 Å². The van der Waals surface area contributed by atoms with Gasteiger partial charge in [0.15, 0.2) is 7.14 Å². The van der Waals surface area contributed by atoms with Gasteiger partial charge in [-0.3, -0.25) is 0 Å². The first kappa shape index (κ1) is 33.4. The van der Waals surface area contributed by atoms with Crippen LogP contribution < -0.4 is 20.8 Å². The molecule has 0 atom stereocenters. The zero-order valence-electron chi connectivity index (χ0n) is 25.1. The summed E-state index contributed by atoms with van der Waals surface area (Å²) in [6.07, 6.45) is 0. The van der Waals surface area contributed by atoms with Gasteiger partial charge in [-0.05, 0) is 24.1 Å². The van der Waals surface area contributed by atoms with Crippen molar-refractivity contribution in [2.75, 3.05) is 11.9 Å². The Kier molecular flexibility index (Phi) is 11.3. The minimum absolute atomic E-state index is 0.0140. The van der Waals surface area contributed by atoms with E-state index in [0.29, 0.717) is 6.54 Å². The Morgan fingerprint density at radius 2 is 1.22 bits per heavy atom. The Hall–Kier alpha value is -2.12. The van der Waals surface area contributed by atoms with E-state index in [1.54, 1.807) is 0 Å². The number of nitrogens with zero attached hydrogens (tertiary/aromatic N) is 1. The van der Waals surface area contributed by atoms with E-state index in [9.17, 15) is 0 Å². The molecule has 0 N–H and O–H groups in total. The molecule has 0 fully saturated rings. The Morgan fingerprint density at radius 3 is 1.68 bits per heavy atom. The predicted molar refractivity (Wildman–Crippen MR) is 178 cm³/mol. The third-order valence-corrected chi connectivity index (χ3v) is 10.4. The second kappa shape index (κ2) is 13.9. The Bertz CT molecular complexity index is 1430. The first-order chi connectivity index (χ1) is 19.2. The van der Waals surface area contributed by atoms with Crippen LogP contribution in [0, 0.1) is 6.92 Å². The molecule has 6 heteroatoms. The predicted octanol–water partition coefficient (Wildman–Crippen LogP) is 9.12. The molecule has 0 aliphatic carbocycles. The van der Waals surface area contributed by atoms with Crippen molar-refractivity contribution in [1.82, 2.24) is 0 Å². The molecule has 0 amide bonds. The Labute approximate surface area is 262 Å². The fraction of sp³-hybridized carbons (Fsp3) is 0.286. The summed E-state index contributed by atoms with van der Waals surface area (Å²) in [6.45, 7) is 18.8. The monoisotopic (exact) mass is 648 g/mol. The fourth-order valence-electron chi connectivity index (χ4n) is 5.07. The maximum atomic E-state index is 15.2. The topological polar surface area (TPSA) is 20.3 Å². The summed E-state index contributed by atoms with van der Waals surface area (Å²) in [7, 11) is 8.51. The van der Waals surface area contributed by atoms with E-state index in [0.717, 1.165) is 27.2 Å². The van der Waals surface area contributed by atoms with Gasteiger partial charge in [0.05, 0.1) is 0 Å². The van der Waals surface area contributed by atoms with Crippen LogP contribution in [0.1, 0.15) is 63.8 Å². The van der Waals surface area contributed by atoms with Crippen molar-refractivity contribution in [3.05, 3.63) is 126 Å². The van der Waals surface area contributed by atoms with Gasteiger partial charge in [0.25, 0.3) is 0 Å². The van der Waals surface area contributed by atoms with E-state index in [-0.39, 0.29) is 24.0 Å². The molecular weight excluding hydrogens is 608 g/mol. The van der Waals surface area contributed by atoms with Crippen molar-refractivity contribution in [1.29, 1.82) is 0 Å². The third-order valence-electron chi connectivity index (χ3n) is 7.30. The van der Waals surface area contributed by atoms with Crippen LogP contribution in [-0.4, -0.2) is 7.05 Å². The van der Waals surface area contributed by atoms with E-state index in [1.165, 1.54) is 16.7 Å². The van der Waals surface area contributed by atoms with Gasteiger partial charge in [-0.1, -0.05) is 125 Å². The van der Waals surface area contributed by atoms with Gasteiger partial charge in [0.1, 0.15) is 0 Å². The summed E-state index contributed by atoms with van der Waals surface area (Å²) in [5.41, 5.74) is 5.86. The summed E-state index contributed by atoms with van der Waals surface area (Å²) >= 11 is 0.194. The summed E-state index contributed by atoms with van der Waals surface area (Å²) in [5, 5.41) is 2.54. The Balaban J connectivity index is 0.00000147. The second-order valence-electron chi connectivity index (χ2n) is 12.3. The molecule has 4 rings (SSSR count). The van der Waals surface area contributed by atoms with E-state index in [4.69, 9.17) is 20.2 Å². The van der Waals surface area contributed by atoms with Crippen molar-refractivity contribution >= 4 is 48.9 Å². The van der Waals surface area contributed by atoms with Gasteiger partial charge < -0.3 is 9.46 Å². The number of rotatable bonds is 6. The van der Waals surface area contributed by atoms with E-state index < -0.39 is 7.14 Å². The van der Waals surface area contributed by atoms with Gasteiger partial charge in [0, 0.05) is 28.6 Å². The van der Waals surface area contributed by atoms with Gasteiger partial charge in [0.2, 0.25) is 0 Å². The molecule has 0 unspecified atom stereocenters. The number of halogens is 2. The summed E-state index contributed by atoms with van der Waals surface area (Å²) in [5.74, 6) is 0. The molecule has 0 saturated heterocycles. The molecule has 220 valence electrons. The molecule has 0 aromatic heterocycles. The molecule has 0 saturated carbocycles. The molecule has 0 aliphatic rings. The molecule has 41 heavy (non-hydrogen) atoms. The third kappa shape index (κ3) is 7.84. The van der Waals surface area contributed by atoms with Crippen LogP contribution in [0.4, 0.5) is 5.69 Å². The Morgan fingerprint density at radius 1 is 0.756 bits per heavy atom. The van der Waals surface area contributed by atoms with Crippen LogP contribution in [0.2, 0.25) is 0 Å². The molecule has 4 aromatic rings. The number of para-hydroxylation sites is 1. The summed E-state index contributed by atoms with van der Waals surface area (Å²) < 4.78 is 15.2. The maximum absolute atomic E-state index is 15.2. The van der Waals surface area contributed by atoms with Crippen LogP contribution in [0.25, 0.3) is 0 Å². The zero-order chi connectivity index (χ0) is 30.4. The molecule has 2 nitrogen and oxygen atoms in total. The van der Waals surface area contributed by atoms with E-state index >= 15 is 4.57 Å². The molecule has 0 radical (unpaired) electrons. The minimum atomic E-state index is -3.11. The summed E-state index contributed by atoms with van der Waals surface area (Å²) in [4.78, 5) is 2.23. The van der Waals surface area contributed by atoms with Crippen LogP contribution >= 0.6 is 27.3 Å². The quantitative estimate of drug-likeness (QED) is 0.118. The van der Waals surface area contributed by atoms with Gasteiger partial charge in [-0.25, -0.2) is 0 Å². The normalized spacial score (nSPS) is 12.0. The fourth-order valence-corrected chi connectivity index (χ4v) is 7.97. The number of anilines is 1. The molecular formula is C35H41Cl2FeNOP-. The molecule has 0 aliphatic heterocycles. The van der Waals surface area contributed by atoms with Crippen molar-refractivity contribution in [2.45, 2.75) is 58.9 Å². The average molecular weight is 649 g/mol. The first-order valence-electron chi connectivity index (χ1n) is 13.6. The molecule has 4 aromatic carbocycles. The van der Waals surface area contributed by atoms with Crippen molar-refractivity contribution in [3.8, 4) is 0 Å². The van der Waals surface area contributed by atoms with Crippen molar-refractivity contribution in [3.63, 3.8) is 0 Å². The van der Waals surface area contributed by atoms with Crippen LogP contribution in [0.3, 0.4) is 0 Å². The van der Waals surface area contributed by atoms with Gasteiger partial charge >= 0.3 is 33.3 Å². The van der Waals surface area contributed by atoms with Crippen molar-refractivity contribution in [2.24, 2.45) is 0 Å². The van der Waals surface area contributed by atoms with E-state index in [2.05, 4.69) is 78.6 Å². The first-order valence-corrected chi connectivity index (χ1v) is 18.4. The molecule has 0 bridgehead atoms. The number of hydrogen-bond acceptors (Lipinski definition) is 2. The molecule has 0 heterocycles. The van der Waals surface area contributed by atoms with Gasteiger partial charge in [-0.2, -0.15) is 12.5 Å². The standard InChI is InChI=1S/C35H41NOP.2ClH.Fe/c1-26-27(23-28(34(2,3)4)24-31(26)35(5,6)7)25-36(8)32-21-15-16-22-33(32)38(37,29-17-11-9-12-18-29)30-19-13-10-14-20-30;;;/h9-24H,1,25H2,2-8H3;2*1H;/q-1;;;+2/p-2. The average Bonchev–Trinajstić information content (AvgIpc) is 2.94. The van der Waals surface area contributed by atoms with Crippen LogP contribution in [0.15, 0.2) is 97.1 Å². The number of hydrogen-bond donors (Lipinski definition) is 0.